The zero-order chi connectivity index (χ0) is 22.2. The number of nitriles is 1. The number of rotatable bonds is 8. The van der Waals surface area contributed by atoms with E-state index < -0.39 is 5.54 Å². The van der Waals surface area contributed by atoms with E-state index in [9.17, 15) is 14.9 Å². The summed E-state index contributed by atoms with van der Waals surface area (Å²) >= 11 is 2.79. The molecule has 1 saturated heterocycles. The Morgan fingerprint density at radius 3 is 2.84 bits per heavy atom. The number of carbonyl (C=O) groups is 1. The van der Waals surface area contributed by atoms with Crippen LogP contribution in [0.1, 0.15) is 50.0 Å². The van der Waals surface area contributed by atoms with E-state index in [1.807, 2.05) is 6.92 Å². The first-order valence-electron chi connectivity index (χ1n) is 10.9. The highest BCUT2D eigenvalue weighted by atomic mass is 32.2. The smallest absolute Gasteiger partial charge is 0.263 e. The molecule has 0 radical (unpaired) electrons. The Balaban J connectivity index is 1.61. The molecule has 2 aromatic heterocycles. The van der Waals surface area contributed by atoms with Crippen LogP contribution in [-0.4, -0.2) is 39.5 Å². The van der Waals surface area contributed by atoms with E-state index in [-0.39, 0.29) is 29.2 Å². The number of nitrogens with one attached hydrogen (secondary N) is 1. The van der Waals surface area contributed by atoms with Gasteiger partial charge in [-0.3, -0.25) is 14.2 Å². The molecule has 0 bridgehead atoms. The molecule has 2 fully saturated rings. The van der Waals surface area contributed by atoms with E-state index in [0.29, 0.717) is 23.7 Å². The van der Waals surface area contributed by atoms with Crippen molar-refractivity contribution in [3.05, 3.63) is 20.8 Å². The summed E-state index contributed by atoms with van der Waals surface area (Å²) in [6.45, 7) is 7.02. The van der Waals surface area contributed by atoms with Crippen molar-refractivity contribution in [2.45, 2.75) is 76.2 Å². The molecule has 0 aromatic carbocycles. The molecule has 2 atom stereocenters. The first-order valence-corrected chi connectivity index (χ1v) is 12.7. The van der Waals surface area contributed by atoms with E-state index >= 15 is 0 Å². The van der Waals surface area contributed by atoms with Crippen molar-refractivity contribution >= 4 is 39.2 Å². The standard InChI is InChI=1S/C22H28N4O3S2/c1-4-16-13(2)31-19-18(16)20(28)26(10-15-6-5-9-29-15)21(24-19)30-11-17(27)25-22(3,12-23)14-7-8-14/h14-15H,4-11H2,1-3H3,(H,25,27). The van der Waals surface area contributed by atoms with E-state index in [1.165, 1.54) is 23.1 Å². The summed E-state index contributed by atoms with van der Waals surface area (Å²) in [6, 6.07) is 2.25. The number of hydrogen-bond donors (Lipinski definition) is 1. The molecule has 1 saturated carbocycles. The molecule has 2 aliphatic rings. The maximum absolute atomic E-state index is 13.5. The molecule has 31 heavy (non-hydrogen) atoms. The molecular weight excluding hydrogens is 432 g/mol. The molecule has 1 N–H and O–H groups in total. The zero-order valence-corrected chi connectivity index (χ0v) is 19.8. The first-order chi connectivity index (χ1) is 14.9. The van der Waals surface area contributed by atoms with Crippen LogP contribution in [0, 0.1) is 24.2 Å². The molecule has 9 heteroatoms. The van der Waals surface area contributed by atoms with Crippen molar-refractivity contribution in [3.63, 3.8) is 0 Å². The maximum atomic E-state index is 13.5. The minimum absolute atomic E-state index is 0.00770. The molecule has 2 unspecified atom stereocenters. The Morgan fingerprint density at radius 2 is 2.23 bits per heavy atom. The molecule has 4 rings (SSSR count). The first kappa shape index (κ1) is 22.3. The zero-order valence-electron chi connectivity index (χ0n) is 18.2. The third-order valence-corrected chi connectivity index (χ3v) is 8.22. The van der Waals surface area contributed by atoms with E-state index in [0.717, 1.165) is 47.4 Å². The number of carbonyl (C=O) groups excluding carboxylic acids is 1. The second-order valence-corrected chi connectivity index (χ2v) is 10.7. The van der Waals surface area contributed by atoms with Gasteiger partial charge in [0.05, 0.1) is 29.9 Å². The summed E-state index contributed by atoms with van der Waals surface area (Å²) in [5.41, 5.74) is 0.180. The highest BCUT2D eigenvalue weighted by Crippen LogP contribution is 2.39. The summed E-state index contributed by atoms with van der Waals surface area (Å²) in [7, 11) is 0. The molecule has 1 amide bonds. The summed E-state index contributed by atoms with van der Waals surface area (Å²) in [4.78, 5) is 32.7. The van der Waals surface area contributed by atoms with Gasteiger partial charge >= 0.3 is 0 Å². The fourth-order valence-electron chi connectivity index (χ4n) is 4.26. The lowest BCUT2D eigenvalue weighted by Gasteiger charge is -2.23. The van der Waals surface area contributed by atoms with Crippen molar-refractivity contribution in [3.8, 4) is 6.07 Å². The highest BCUT2D eigenvalue weighted by Gasteiger charge is 2.43. The van der Waals surface area contributed by atoms with Gasteiger partial charge in [-0.15, -0.1) is 11.3 Å². The summed E-state index contributed by atoms with van der Waals surface area (Å²) < 4.78 is 7.46. The van der Waals surface area contributed by atoms with E-state index in [4.69, 9.17) is 9.72 Å². The topological polar surface area (TPSA) is 97.0 Å². The van der Waals surface area contributed by atoms with Crippen molar-refractivity contribution in [1.82, 2.24) is 14.9 Å². The number of aryl methyl sites for hydroxylation is 2. The number of amides is 1. The van der Waals surface area contributed by atoms with Gasteiger partial charge in [-0.1, -0.05) is 18.7 Å². The second kappa shape index (κ2) is 8.93. The van der Waals surface area contributed by atoms with Crippen LogP contribution in [0.2, 0.25) is 0 Å². The second-order valence-electron chi connectivity index (χ2n) is 8.54. The van der Waals surface area contributed by atoms with Crippen LogP contribution in [0.3, 0.4) is 0 Å². The van der Waals surface area contributed by atoms with Crippen LogP contribution in [0.15, 0.2) is 9.95 Å². The molecular formula is C22H28N4O3S2. The molecule has 0 spiro atoms. The van der Waals surface area contributed by atoms with Crippen LogP contribution in [0.5, 0.6) is 0 Å². The quantitative estimate of drug-likeness (QED) is 0.479. The van der Waals surface area contributed by atoms with Crippen molar-refractivity contribution in [1.29, 1.82) is 5.26 Å². The molecule has 1 aliphatic heterocycles. The van der Waals surface area contributed by atoms with Gasteiger partial charge in [-0.25, -0.2) is 4.98 Å². The number of fused-ring (bicyclic) bond motifs is 1. The van der Waals surface area contributed by atoms with Crippen molar-refractivity contribution < 1.29 is 9.53 Å². The van der Waals surface area contributed by atoms with Crippen molar-refractivity contribution in [2.24, 2.45) is 5.92 Å². The Kier molecular flexibility index (Phi) is 6.42. The lowest BCUT2D eigenvalue weighted by Crippen LogP contribution is -2.47. The highest BCUT2D eigenvalue weighted by molar-refractivity contribution is 7.99. The minimum atomic E-state index is -0.826. The normalized spacial score (nSPS) is 20.5. The Morgan fingerprint density at radius 1 is 1.45 bits per heavy atom. The number of ether oxygens (including phenoxy) is 1. The largest absolute Gasteiger partial charge is 0.376 e. The summed E-state index contributed by atoms with van der Waals surface area (Å²) in [5.74, 6) is 0.120. The van der Waals surface area contributed by atoms with Gasteiger partial charge < -0.3 is 10.1 Å². The average Bonchev–Trinajstić information content (AvgIpc) is 3.39. The minimum Gasteiger partial charge on any atom is -0.376 e. The van der Waals surface area contributed by atoms with Gasteiger partial charge in [0, 0.05) is 11.5 Å². The van der Waals surface area contributed by atoms with Crippen LogP contribution < -0.4 is 10.9 Å². The van der Waals surface area contributed by atoms with Gasteiger partial charge in [-0.05, 0) is 57.4 Å². The number of hydrogen-bond acceptors (Lipinski definition) is 7. The lowest BCUT2D eigenvalue weighted by molar-refractivity contribution is -0.119. The summed E-state index contributed by atoms with van der Waals surface area (Å²) in [6.07, 6.45) is 4.62. The van der Waals surface area contributed by atoms with Crippen LogP contribution in [0.4, 0.5) is 0 Å². The number of aromatic nitrogens is 2. The number of thiophene rings is 1. The number of nitrogens with zero attached hydrogens (tertiary/aromatic N) is 3. The van der Waals surface area contributed by atoms with Crippen LogP contribution in [0.25, 0.3) is 10.2 Å². The maximum Gasteiger partial charge on any atom is 0.263 e. The Hall–Kier alpha value is -1.89. The third kappa shape index (κ3) is 4.52. The Bertz CT molecular complexity index is 1090. The monoisotopic (exact) mass is 460 g/mol. The molecule has 7 nitrogen and oxygen atoms in total. The fourth-order valence-corrected chi connectivity index (χ4v) is 6.22. The summed E-state index contributed by atoms with van der Waals surface area (Å²) in [5, 5.41) is 13.6. The molecule has 2 aromatic rings. The fraction of sp³-hybridized carbons (Fsp3) is 0.636. The van der Waals surface area contributed by atoms with E-state index in [1.54, 1.807) is 11.5 Å². The van der Waals surface area contributed by atoms with Gasteiger partial charge in [0.1, 0.15) is 10.4 Å². The predicted octanol–water partition coefficient (Wildman–Crippen LogP) is 3.41. The van der Waals surface area contributed by atoms with Gasteiger partial charge in [0.25, 0.3) is 5.56 Å². The van der Waals surface area contributed by atoms with Gasteiger partial charge in [0.2, 0.25) is 5.91 Å². The van der Waals surface area contributed by atoms with Gasteiger partial charge in [-0.2, -0.15) is 5.26 Å². The number of thioether (sulfide) groups is 1. The Labute approximate surface area is 190 Å². The SMILES string of the molecule is CCc1c(C)sc2nc(SCC(=O)NC(C)(C#N)C3CC3)n(CC3CCCO3)c(=O)c12. The van der Waals surface area contributed by atoms with Crippen LogP contribution in [-0.2, 0) is 22.5 Å². The molecule has 166 valence electrons. The van der Waals surface area contributed by atoms with E-state index in [2.05, 4.69) is 18.3 Å². The average molecular weight is 461 g/mol. The molecule has 3 heterocycles. The van der Waals surface area contributed by atoms with Gasteiger partial charge in [0.15, 0.2) is 5.16 Å². The van der Waals surface area contributed by atoms with Crippen molar-refractivity contribution in [2.75, 3.05) is 12.4 Å². The lowest BCUT2D eigenvalue weighted by atomic mass is 9.98. The third-order valence-electron chi connectivity index (χ3n) is 6.20. The van der Waals surface area contributed by atoms with Crippen LogP contribution >= 0.6 is 23.1 Å². The predicted molar refractivity (Wildman–Crippen MR) is 123 cm³/mol. The molecule has 1 aliphatic carbocycles.